The van der Waals surface area contributed by atoms with Crippen molar-refractivity contribution in [3.8, 4) is 5.69 Å². The van der Waals surface area contributed by atoms with Crippen molar-refractivity contribution in [2.24, 2.45) is 0 Å². The van der Waals surface area contributed by atoms with E-state index in [0.717, 1.165) is 24.1 Å². The third-order valence-electron chi connectivity index (χ3n) is 5.81. The predicted molar refractivity (Wildman–Crippen MR) is 127 cm³/mol. The highest BCUT2D eigenvalue weighted by Gasteiger charge is 2.33. The summed E-state index contributed by atoms with van der Waals surface area (Å²) < 4.78 is 2.23. The molecule has 1 aliphatic rings. The van der Waals surface area contributed by atoms with Gasteiger partial charge < -0.3 is 10.0 Å². The summed E-state index contributed by atoms with van der Waals surface area (Å²) in [6.07, 6.45) is 1.62. The molecule has 1 atom stereocenters. The second kappa shape index (κ2) is 8.76. The number of amides is 2. The number of carbonyl (C=O) groups excluding carboxylic acids is 2. The molecule has 8 nitrogen and oxygen atoms in total. The van der Waals surface area contributed by atoms with E-state index in [1.807, 2.05) is 49.4 Å². The fourth-order valence-electron chi connectivity index (χ4n) is 4.05. The van der Waals surface area contributed by atoms with Crippen LogP contribution in [0, 0.1) is 6.92 Å². The van der Waals surface area contributed by atoms with Gasteiger partial charge in [0, 0.05) is 12.1 Å². The number of thiazole rings is 1. The van der Waals surface area contributed by atoms with E-state index in [2.05, 4.69) is 15.4 Å². The average Bonchev–Trinajstić information content (AvgIpc) is 3.54. The van der Waals surface area contributed by atoms with Gasteiger partial charge in [-0.3, -0.25) is 14.9 Å². The molecule has 0 radical (unpaired) electrons. The van der Waals surface area contributed by atoms with Crippen LogP contribution in [0.25, 0.3) is 16.0 Å². The topological polar surface area (TPSA) is 100 Å². The molecule has 33 heavy (non-hydrogen) atoms. The molecular weight excluding hydrogens is 438 g/mol. The number of benzene rings is 2. The number of aromatic nitrogens is 3. The van der Waals surface area contributed by atoms with Gasteiger partial charge in [0.25, 0.3) is 11.8 Å². The molecule has 1 saturated heterocycles. The molecule has 5 rings (SSSR count). The third kappa shape index (κ3) is 4.01. The summed E-state index contributed by atoms with van der Waals surface area (Å²) in [5.41, 5.74) is 3.16. The number of anilines is 1. The van der Waals surface area contributed by atoms with Crippen molar-refractivity contribution in [1.29, 1.82) is 0 Å². The van der Waals surface area contributed by atoms with E-state index in [1.54, 1.807) is 21.7 Å². The molecule has 2 N–H and O–H groups in total. The third-order valence-corrected chi connectivity index (χ3v) is 6.78. The van der Waals surface area contributed by atoms with Crippen LogP contribution in [0.1, 0.15) is 39.3 Å². The Morgan fingerprint density at radius 1 is 1.15 bits per heavy atom. The second-order valence-corrected chi connectivity index (χ2v) is 9.06. The first kappa shape index (κ1) is 21.3. The number of aryl methyl sites for hydroxylation is 1. The SMILES string of the molecule is Cc1ccc(C(=O)Nc2nc3c(s2)c(C(=O)N2CCC[C@H]2CO)nn3-c2ccccc2)cc1. The lowest BCUT2D eigenvalue weighted by molar-refractivity contribution is 0.0673. The van der Waals surface area contributed by atoms with Crippen molar-refractivity contribution >= 4 is 38.6 Å². The molecule has 1 aliphatic heterocycles. The number of hydrogen-bond donors (Lipinski definition) is 2. The molecule has 4 aromatic rings. The summed E-state index contributed by atoms with van der Waals surface area (Å²) >= 11 is 1.23. The van der Waals surface area contributed by atoms with Gasteiger partial charge in [0.15, 0.2) is 16.5 Å². The predicted octanol–water partition coefficient (Wildman–Crippen LogP) is 3.64. The number of likely N-dealkylation sites (tertiary alicyclic amines) is 1. The summed E-state index contributed by atoms with van der Waals surface area (Å²) in [4.78, 5) is 32.4. The summed E-state index contributed by atoms with van der Waals surface area (Å²) in [7, 11) is 0. The highest BCUT2D eigenvalue weighted by atomic mass is 32.1. The number of hydrogen-bond acceptors (Lipinski definition) is 6. The van der Waals surface area contributed by atoms with Crippen LogP contribution in [-0.4, -0.2) is 55.8 Å². The molecule has 9 heteroatoms. The normalized spacial score (nSPS) is 15.8. The van der Waals surface area contributed by atoms with Crippen LogP contribution in [0.2, 0.25) is 0 Å². The first-order valence-corrected chi connectivity index (χ1v) is 11.6. The minimum absolute atomic E-state index is 0.0746. The molecule has 3 heterocycles. The quantitative estimate of drug-likeness (QED) is 0.473. The Balaban J connectivity index is 1.54. The van der Waals surface area contributed by atoms with E-state index in [9.17, 15) is 14.7 Å². The van der Waals surface area contributed by atoms with E-state index >= 15 is 0 Å². The molecule has 0 unspecified atom stereocenters. The smallest absolute Gasteiger partial charge is 0.276 e. The number of carbonyl (C=O) groups is 2. The van der Waals surface area contributed by atoms with Crippen LogP contribution in [-0.2, 0) is 0 Å². The largest absolute Gasteiger partial charge is 0.394 e. The van der Waals surface area contributed by atoms with Gasteiger partial charge in [0.1, 0.15) is 4.70 Å². The van der Waals surface area contributed by atoms with Crippen molar-refractivity contribution in [2.75, 3.05) is 18.5 Å². The van der Waals surface area contributed by atoms with Crippen LogP contribution in [0.15, 0.2) is 54.6 Å². The lowest BCUT2D eigenvalue weighted by atomic mass is 10.1. The number of aliphatic hydroxyl groups excluding tert-OH is 1. The van der Waals surface area contributed by atoms with Crippen molar-refractivity contribution in [1.82, 2.24) is 19.7 Å². The fraction of sp³-hybridized carbons (Fsp3) is 0.250. The Morgan fingerprint density at radius 2 is 1.91 bits per heavy atom. The van der Waals surface area contributed by atoms with Crippen LogP contribution < -0.4 is 5.32 Å². The van der Waals surface area contributed by atoms with Gasteiger partial charge in [-0.2, -0.15) is 10.1 Å². The Bertz CT molecular complexity index is 1310. The Kier molecular flexibility index (Phi) is 5.65. The zero-order valence-corrected chi connectivity index (χ0v) is 18.9. The van der Waals surface area contributed by atoms with Gasteiger partial charge in [-0.1, -0.05) is 47.2 Å². The molecule has 2 amide bonds. The number of aliphatic hydroxyl groups is 1. The maximum Gasteiger partial charge on any atom is 0.276 e. The molecule has 2 aromatic heterocycles. The number of nitrogens with one attached hydrogen (secondary N) is 1. The van der Waals surface area contributed by atoms with E-state index in [1.165, 1.54) is 11.3 Å². The minimum Gasteiger partial charge on any atom is -0.394 e. The zero-order chi connectivity index (χ0) is 22.9. The number of rotatable bonds is 5. The van der Waals surface area contributed by atoms with Crippen LogP contribution >= 0.6 is 11.3 Å². The summed E-state index contributed by atoms with van der Waals surface area (Å²) in [6, 6.07) is 16.5. The van der Waals surface area contributed by atoms with Gasteiger partial charge in [0.2, 0.25) is 0 Å². The molecular formula is C24H23N5O3S. The standard InChI is InChI=1S/C24H23N5O3S/c1-15-9-11-16(12-10-15)22(31)26-24-25-21-20(33-24)19(23(32)28-13-5-8-18(28)14-30)27-29(21)17-6-3-2-4-7-17/h2-4,6-7,9-12,18,30H,5,8,13-14H2,1H3,(H,25,26,31)/t18-/m0/s1. The highest BCUT2D eigenvalue weighted by molar-refractivity contribution is 7.22. The number of fused-ring (bicyclic) bond motifs is 1. The highest BCUT2D eigenvalue weighted by Crippen LogP contribution is 2.33. The van der Waals surface area contributed by atoms with E-state index in [-0.39, 0.29) is 30.2 Å². The number of nitrogens with zero attached hydrogens (tertiary/aromatic N) is 4. The maximum atomic E-state index is 13.4. The maximum absolute atomic E-state index is 13.4. The lowest BCUT2D eigenvalue weighted by Gasteiger charge is -2.21. The van der Waals surface area contributed by atoms with Gasteiger partial charge in [-0.15, -0.1) is 0 Å². The van der Waals surface area contributed by atoms with E-state index in [4.69, 9.17) is 0 Å². The molecule has 0 aliphatic carbocycles. The molecule has 0 spiro atoms. The fourth-order valence-corrected chi connectivity index (χ4v) is 4.97. The van der Waals surface area contributed by atoms with Gasteiger partial charge in [-0.25, -0.2) is 4.68 Å². The summed E-state index contributed by atoms with van der Waals surface area (Å²) in [5, 5.41) is 17.5. The molecule has 0 saturated carbocycles. The van der Waals surface area contributed by atoms with Crippen LogP contribution in [0.5, 0.6) is 0 Å². The zero-order valence-electron chi connectivity index (χ0n) is 18.1. The van der Waals surface area contributed by atoms with E-state index < -0.39 is 0 Å². The lowest BCUT2D eigenvalue weighted by Crippen LogP contribution is -2.37. The van der Waals surface area contributed by atoms with Crippen molar-refractivity contribution in [3.63, 3.8) is 0 Å². The Morgan fingerprint density at radius 3 is 2.64 bits per heavy atom. The van der Waals surface area contributed by atoms with Gasteiger partial charge in [-0.05, 0) is 44.0 Å². The van der Waals surface area contributed by atoms with Crippen LogP contribution in [0.3, 0.4) is 0 Å². The monoisotopic (exact) mass is 461 g/mol. The summed E-state index contributed by atoms with van der Waals surface area (Å²) in [6.45, 7) is 2.47. The minimum atomic E-state index is -0.265. The van der Waals surface area contributed by atoms with Crippen LogP contribution in [0.4, 0.5) is 5.13 Å². The van der Waals surface area contributed by atoms with Crippen molar-refractivity contribution < 1.29 is 14.7 Å². The van der Waals surface area contributed by atoms with Gasteiger partial charge in [0.05, 0.1) is 18.3 Å². The Labute approximate surface area is 194 Å². The van der Waals surface area contributed by atoms with Crippen molar-refractivity contribution in [3.05, 3.63) is 71.4 Å². The van der Waals surface area contributed by atoms with Gasteiger partial charge >= 0.3 is 0 Å². The van der Waals surface area contributed by atoms with E-state index in [0.29, 0.717) is 27.6 Å². The second-order valence-electron chi connectivity index (χ2n) is 8.07. The molecule has 0 bridgehead atoms. The first-order valence-electron chi connectivity index (χ1n) is 10.8. The van der Waals surface area contributed by atoms with Crippen molar-refractivity contribution in [2.45, 2.75) is 25.8 Å². The Hall–Kier alpha value is -3.56. The molecule has 1 fully saturated rings. The first-order chi connectivity index (χ1) is 16.0. The summed E-state index contributed by atoms with van der Waals surface area (Å²) in [5.74, 6) is -0.496. The molecule has 2 aromatic carbocycles. The number of para-hydroxylation sites is 1. The average molecular weight is 462 g/mol. The molecule has 168 valence electrons.